The van der Waals surface area contributed by atoms with Crippen molar-refractivity contribution in [1.29, 1.82) is 0 Å². The molecule has 82 valence electrons. The first-order valence-electron chi connectivity index (χ1n) is 4.50. The van der Waals surface area contributed by atoms with Crippen LogP contribution < -0.4 is 11.1 Å². The molecular weight excluding hydrogens is 279 g/mol. The van der Waals surface area contributed by atoms with Crippen molar-refractivity contribution in [2.45, 2.75) is 6.92 Å². The maximum Gasteiger partial charge on any atom is 0.228 e. The molecule has 0 heterocycles. The highest BCUT2D eigenvalue weighted by Crippen LogP contribution is 2.26. The second kappa shape index (κ2) is 5.49. The molecular formula is C10H12BrClN2O. The van der Waals surface area contributed by atoms with E-state index in [0.717, 1.165) is 4.47 Å². The molecule has 1 unspecified atom stereocenters. The Morgan fingerprint density at radius 3 is 2.87 bits per heavy atom. The van der Waals surface area contributed by atoms with Crippen LogP contribution in [0.3, 0.4) is 0 Å². The van der Waals surface area contributed by atoms with Gasteiger partial charge >= 0.3 is 0 Å². The van der Waals surface area contributed by atoms with Gasteiger partial charge in [0.15, 0.2) is 0 Å². The fourth-order valence-corrected chi connectivity index (χ4v) is 1.74. The summed E-state index contributed by atoms with van der Waals surface area (Å²) in [7, 11) is 0. The van der Waals surface area contributed by atoms with E-state index in [1.165, 1.54) is 0 Å². The van der Waals surface area contributed by atoms with Crippen molar-refractivity contribution in [3.05, 3.63) is 27.7 Å². The number of benzene rings is 1. The lowest BCUT2D eigenvalue weighted by Crippen LogP contribution is -2.26. The van der Waals surface area contributed by atoms with Crippen LogP contribution in [-0.2, 0) is 4.79 Å². The highest BCUT2D eigenvalue weighted by molar-refractivity contribution is 9.10. The Hall–Kier alpha value is -0.580. The molecule has 0 saturated heterocycles. The van der Waals surface area contributed by atoms with E-state index in [4.69, 9.17) is 17.3 Å². The average molecular weight is 292 g/mol. The summed E-state index contributed by atoms with van der Waals surface area (Å²) in [4.78, 5) is 11.5. The van der Waals surface area contributed by atoms with Gasteiger partial charge in [-0.2, -0.15) is 0 Å². The third-order valence-corrected chi connectivity index (χ3v) is 2.88. The van der Waals surface area contributed by atoms with Crippen LogP contribution in [-0.4, -0.2) is 12.5 Å². The zero-order chi connectivity index (χ0) is 11.4. The number of hydrogen-bond acceptors (Lipinski definition) is 2. The molecule has 1 aromatic rings. The van der Waals surface area contributed by atoms with Gasteiger partial charge in [0.05, 0.1) is 5.69 Å². The quantitative estimate of drug-likeness (QED) is 0.899. The van der Waals surface area contributed by atoms with Gasteiger partial charge < -0.3 is 11.1 Å². The highest BCUT2D eigenvalue weighted by atomic mass is 79.9. The Bertz CT molecular complexity index is 370. The van der Waals surface area contributed by atoms with Gasteiger partial charge in [-0.25, -0.2) is 0 Å². The van der Waals surface area contributed by atoms with Crippen LogP contribution in [0.4, 0.5) is 5.69 Å². The summed E-state index contributed by atoms with van der Waals surface area (Å²) in [5.74, 6) is -0.298. The maximum atomic E-state index is 11.5. The summed E-state index contributed by atoms with van der Waals surface area (Å²) in [6.07, 6.45) is 0. The van der Waals surface area contributed by atoms with E-state index in [1.54, 1.807) is 25.1 Å². The molecule has 1 aromatic carbocycles. The Balaban J connectivity index is 2.77. The number of carbonyl (C=O) groups excluding carboxylic acids is 1. The van der Waals surface area contributed by atoms with Crippen LogP contribution >= 0.6 is 27.5 Å². The topological polar surface area (TPSA) is 55.1 Å². The normalized spacial score (nSPS) is 12.3. The minimum atomic E-state index is -0.201. The molecule has 1 atom stereocenters. The number of hydrogen-bond donors (Lipinski definition) is 2. The van der Waals surface area contributed by atoms with E-state index >= 15 is 0 Å². The van der Waals surface area contributed by atoms with Gasteiger partial charge in [0.1, 0.15) is 0 Å². The fourth-order valence-electron chi connectivity index (χ4n) is 0.954. The lowest BCUT2D eigenvalue weighted by Gasteiger charge is -2.11. The predicted molar refractivity (Wildman–Crippen MR) is 66.0 cm³/mol. The lowest BCUT2D eigenvalue weighted by atomic mass is 10.1. The average Bonchev–Trinajstić information content (AvgIpc) is 2.20. The van der Waals surface area contributed by atoms with Crippen molar-refractivity contribution in [3.8, 4) is 0 Å². The van der Waals surface area contributed by atoms with Gasteiger partial charge in [-0.15, -0.1) is 0 Å². The molecule has 15 heavy (non-hydrogen) atoms. The first kappa shape index (κ1) is 12.5. The first-order valence-corrected chi connectivity index (χ1v) is 5.67. The largest absolute Gasteiger partial charge is 0.330 e. The second-order valence-electron chi connectivity index (χ2n) is 3.25. The molecule has 1 rings (SSSR count). The van der Waals surface area contributed by atoms with Crippen molar-refractivity contribution in [2.24, 2.45) is 11.7 Å². The molecule has 0 spiro atoms. The Kier molecular flexibility index (Phi) is 4.57. The van der Waals surface area contributed by atoms with Crippen molar-refractivity contribution in [3.63, 3.8) is 0 Å². The number of nitrogens with one attached hydrogen (secondary N) is 1. The fraction of sp³-hybridized carbons (Fsp3) is 0.300. The van der Waals surface area contributed by atoms with Gasteiger partial charge in [0, 0.05) is 22.0 Å². The van der Waals surface area contributed by atoms with Crippen LogP contribution in [0, 0.1) is 5.92 Å². The van der Waals surface area contributed by atoms with Gasteiger partial charge in [-0.3, -0.25) is 4.79 Å². The van der Waals surface area contributed by atoms with E-state index in [-0.39, 0.29) is 11.8 Å². The van der Waals surface area contributed by atoms with Crippen molar-refractivity contribution in [2.75, 3.05) is 11.9 Å². The summed E-state index contributed by atoms with van der Waals surface area (Å²) in [6.45, 7) is 2.11. The molecule has 0 saturated carbocycles. The monoisotopic (exact) mass is 290 g/mol. The summed E-state index contributed by atoms with van der Waals surface area (Å²) < 4.78 is 0.757. The SMILES string of the molecule is CC(CN)C(=O)Nc1ccc(Cl)cc1Br. The molecule has 0 aliphatic carbocycles. The van der Waals surface area contributed by atoms with Gasteiger partial charge in [0.2, 0.25) is 5.91 Å². The van der Waals surface area contributed by atoms with Gasteiger partial charge in [0.25, 0.3) is 0 Å². The molecule has 3 nitrogen and oxygen atoms in total. The molecule has 5 heteroatoms. The van der Waals surface area contributed by atoms with E-state index < -0.39 is 0 Å². The zero-order valence-corrected chi connectivity index (χ0v) is 10.6. The number of nitrogens with two attached hydrogens (primary N) is 1. The molecule has 0 fully saturated rings. The number of amides is 1. The van der Waals surface area contributed by atoms with Crippen LogP contribution in [0.25, 0.3) is 0 Å². The van der Waals surface area contributed by atoms with E-state index in [2.05, 4.69) is 21.2 Å². The molecule has 0 aliphatic heterocycles. The highest BCUT2D eigenvalue weighted by Gasteiger charge is 2.12. The Morgan fingerprint density at radius 2 is 2.33 bits per heavy atom. The molecule has 3 N–H and O–H groups in total. The van der Waals surface area contributed by atoms with Crippen LogP contribution in [0.5, 0.6) is 0 Å². The van der Waals surface area contributed by atoms with E-state index in [1.807, 2.05) is 0 Å². The zero-order valence-electron chi connectivity index (χ0n) is 8.26. The summed E-state index contributed by atoms with van der Waals surface area (Å²) in [6, 6.07) is 5.19. The van der Waals surface area contributed by atoms with E-state index in [9.17, 15) is 4.79 Å². The minimum Gasteiger partial charge on any atom is -0.330 e. The number of rotatable bonds is 3. The first-order chi connectivity index (χ1) is 7.04. The smallest absolute Gasteiger partial charge is 0.228 e. The molecule has 0 bridgehead atoms. The van der Waals surface area contributed by atoms with Crippen molar-refractivity contribution >= 4 is 39.1 Å². The Labute approximate surface area is 102 Å². The summed E-state index contributed by atoms with van der Waals surface area (Å²) in [5.41, 5.74) is 6.09. The number of halogens is 2. The number of carbonyl (C=O) groups is 1. The van der Waals surface area contributed by atoms with Crippen LogP contribution in [0.15, 0.2) is 22.7 Å². The molecule has 1 amide bonds. The van der Waals surface area contributed by atoms with Crippen molar-refractivity contribution in [1.82, 2.24) is 0 Å². The number of anilines is 1. The summed E-state index contributed by atoms with van der Waals surface area (Å²) >= 11 is 9.10. The van der Waals surface area contributed by atoms with E-state index in [0.29, 0.717) is 17.3 Å². The standard InChI is InChI=1S/C10H12BrClN2O/c1-6(5-13)10(15)14-9-3-2-7(12)4-8(9)11/h2-4,6H,5,13H2,1H3,(H,14,15). The second-order valence-corrected chi connectivity index (χ2v) is 4.54. The van der Waals surface area contributed by atoms with Crippen LogP contribution in [0.1, 0.15) is 6.92 Å². The lowest BCUT2D eigenvalue weighted by molar-refractivity contribution is -0.119. The van der Waals surface area contributed by atoms with Crippen LogP contribution in [0.2, 0.25) is 5.02 Å². The molecule has 0 radical (unpaired) electrons. The maximum absolute atomic E-state index is 11.5. The Morgan fingerprint density at radius 1 is 1.67 bits per heavy atom. The summed E-state index contributed by atoms with van der Waals surface area (Å²) in [5, 5.41) is 3.38. The minimum absolute atomic E-state index is 0.0967. The van der Waals surface area contributed by atoms with Gasteiger partial charge in [-0.1, -0.05) is 18.5 Å². The molecule has 0 aromatic heterocycles. The molecule has 0 aliphatic rings. The third kappa shape index (κ3) is 3.48. The third-order valence-electron chi connectivity index (χ3n) is 1.99. The van der Waals surface area contributed by atoms with Crippen molar-refractivity contribution < 1.29 is 4.79 Å². The predicted octanol–water partition coefficient (Wildman–Crippen LogP) is 2.64. The van der Waals surface area contributed by atoms with Gasteiger partial charge in [-0.05, 0) is 34.1 Å².